The van der Waals surface area contributed by atoms with Crippen LogP contribution in [-0.4, -0.2) is 45.8 Å². The summed E-state index contributed by atoms with van der Waals surface area (Å²) in [7, 11) is 0. The number of carbonyl (C=O) groups is 1. The summed E-state index contributed by atoms with van der Waals surface area (Å²) < 4.78 is 11.4. The molecule has 2 atom stereocenters. The van der Waals surface area contributed by atoms with Crippen molar-refractivity contribution in [1.82, 2.24) is 14.9 Å². The maximum atomic E-state index is 12.4. The van der Waals surface area contributed by atoms with E-state index >= 15 is 0 Å². The van der Waals surface area contributed by atoms with E-state index in [2.05, 4.69) is 9.97 Å². The van der Waals surface area contributed by atoms with Gasteiger partial charge >= 0.3 is 6.09 Å². The molecule has 0 N–H and O–H groups in total. The predicted octanol–water partition coefficient (Wildman–Crippen LogP) is 3.73. The SMILES string of the molecule is C[C@H](OCC[C@H]1CCCCN1C(=O)OC(C)(C)C)c1cnccn1. The maximum Gasteiger partial charge on any atom is 0.410 e. The molecule has 0 aliphatic carbocycles. The van der Waals surface area contributed by atoms with Crippen LogP contribution in [0.4, 0.5) is 4.79 Å². The average Bonchev–Trinajstić information content (AvgIpc) is 2.54. The van der Waals surface area contributed by atoms with Crippen LogP contribution in [0, 0.1) is 0 Å². The van der Waals surface area contributed by atoms with Gasteiger partial charge in [-0.25, -0.2) is 4.79 Å². The number of aromatic nitrogens is 2. The molecule has 1 amide bonds. The van der Waals surface area contributed by atoms with Crippen LogP contribution in [0.25, 0.3) is 0 Å². The summed E-state index contributed by atoms with van der Waals surface area (Å²) in [4.78, 5) is 22.6. The molecule has 6 heteroatoms. The van der Waals surface area contributed by atoms with Crippen LogP contribution in [-0.2, 0) is 9.47 Å². The molecule has 2 rings (SSSR count). The van der Waals surface area contributed by atoms with Crippen molar-refractivity contribution in [1.29, 1.82) is 0 Å². The predicted molar refractivity (Wildman–Crippen MR) is 91.6 cm³/mol. The fourth-order valence-electron chi connectivity index (χ4n) is 2.85. The van der Waals surface area contributed by atoms with Crippen LogP contribution in [0.5, 0.6) is 0 Å². The van der Waals surface area contributed by atoms with Crippen molar-refractivity contribution in [2.45, 2.75) is 71.1 Å². The van der Waals surface area contributed by atoms with Crippen LogP contribution < -0.4 is 0 Å². The Hall–Kier alpha value is -1.69. The summed E-state index contributed by atoms with van der Waals surface area (Å²) in [5.74, 6) is 0. The lowest BCUT2D eigenvalue weighted by atomic mass is 10.0. The molecule has 24 heavy (non-hydrogen) atoms. The van der Waals surface area contributed by atoms with Crippen LogP contribution in [0.2, 0.25) is 0 Å². The summed E-state index contributed by atoms with van der Waals surface area (Å²) in [5.41, 5.74) is 0.362. The van der Waals surface area contributed by atoms with Gasteiger partial charge in [-0.15, -0.1) is 0 Å². The lowest BCUT2D eigenvalue weighted by molar-refractivity contribution is -0.000633. The molecule has 1 saturated heterocycles. The lowest BCUT2D eigenvalue weighted by Crippen LogP contribution is -2.46. The highest BCUT2D eigenvalue weighted by Gasteiger charge is 2.30. The molecule has 134 valence electrons. The molecule has 0 bridgehead atoms. The van der Waals surface area contributed by atoms with E-state index in [1.54, 1.807) is 18.6 Å². The van der Waals surface area contributed by atoms with Gasteiger partial charge in [-0.05, 0) is 53.4 Å². The van der Waals surface area contributed by atoms with Gasteiger partial charge in [0, 0.05) is 31.6 Å². The highest BCUT2D eigenvalue weighted by Crippen LogP contribution is 2.23. The number of amides is 1. The summed E-state index contributed by atoms with van der Waals surface area (Å²) in [6.45, 7) is 9.01. The van der Waals surface area contributed by atoms with Gasteiger partial charge in [0.05, 0.1) is 18.0 Å². The van der Waals surface area contributed by atoms with Gasteiger partial charge in [0.25, 0.3) is 0 Å². The minimum absolute atomic E-state index is 0.0998. The van der Waals surface area contributed by atoms with E-state index < -0.39 is 5.60 Å². The van der Waals surface area contributed by atoms with Crippen molar-refractivity contribution in [3.8, 4) is 0 Å². The third-order valence-electron chi connectivity index (χ3n) is 4.07. The molecule has 0 aromatic carbocycles. The smallest absolute Gasteiger partial charge is 0.410 e. The number of carbonyl (C=O) groups excluding carboxylic acids is 1. The van der Waals surface area contributed by atoms with E-state index in [9.17, 15) is 4.79 Å². The van der Waals surface area contributed by atoms with Crippen LogP contribution in [0.1, 0.15) is 65.2 Å². The number of rotatable bonds is 5. The van der Waals surface area contributed by atoms with Crippen molar-refractivity contribution in [3.05, 3.63) is 24.3 Å². The zero-order chi connectivity index (χ0) is 17.6. The molecule has 1 aromatic rings. The molecule has 1 aliphatic rings. The van der Waals surface area contributed by atoms with Gasteiger partial charge in [-0.2, -0.15) is 0 Å². The van der Waals surface area contributed by atoms with Crippen LogP contribution in [0.15, 0.2) is 18.6 Å². The second kappa shape index (κ2) is 8.42. The molecular formula is C18H29N3O3. The van der Waals surface area contributed by atoms with E-state index in [4.69, 9.17) is 9.47 Å². The maximum absolute atomic E-state index is 12.4. The fraction of sp³-hybridized carbons (Fsp3) is 0.722. The van der Waals surface area contributed by atoms with Crippen LogP contribution >= 0.6 is 0 Å². The number of hydrogen-bond donors (Lipinski definition) is 0. The molecule has 0 saturated carbocycles. The molecule has 2 heterocycles. The number of piperidine rings is 1. The highest BCUT2D eigenvalue weighted by atomic mass is 16.6. The summed E-state index contributed by atoms with van der Waals surface area (Å²) in [5, 5.41) is 0. The average molecular weight is 335 g/mol. The number of likely N-dealkylation sites (tertiary alicyclic amines) is 1. The molecule has 1 aliphatic heterocycles. The van der Waals surface area contributed by atoms with E-state index in [1.807, 2.05) is 32.6 Å². The summed E-state index contributed by atoms with van der Waals surface area (Å²) >= 11 is 0. The normalized spacial score (nSPS) is 19.8. The number of hydrogen-bond acceptors (Lipinski definition) is 5. The van der Waals surface area contributed by atoms with Gasteiger partial charge in [0.15, 0.2) is 0 Å². The molecule has 0 spiro atoms. The third-order valence-corrected chi connectivity index (χ3v) is 4.07. The Morgan fingerprint density at radius 3 is 2.83 bits per heavy atom. The Labute approximate surface area is 144 Å². The highest BCUT2D eigenvalue weighted by molar-refractivity contribution is 5.68. The van der Waals surface area contributed by atoms with Crippen LogP contribution in [0.3, 0.4) is 0 Å². The van der Waals surface area contributed by atoms with Gasteiger partial charge in [0.1, 0.15) is 5.60 Å². The minimum atomic E-state index is -0.462. The number of nitrogens with zero attached hydrogens (tertiary/aromatic N) is 3. The lowest BCUT2D eigenvalue weighted by Gasteiger charge is -2.36. The monoisotopic (exact) mass is 335 g/mol. The van der Waals surface area contributed by atoms with Gasteiger partial charge < -0.3 is 14.4 Å². The molecule has 1 aromatic heterocycles. The van der Waals surface area contributed by atoms with E-state index in [0.29, 0.717) is 6.61 Å². The quantitative estimate of drug-likeness (QED) is 0.820. The van der Waals surface area contributed by atoms with Crippen molar-refractivity contribution in [2.75, 3.05) is 13.2 Å². The van der Waals surface area contributed by atoms with Gasteiger partial charge in [-0.3, -0.25) is 9.97 Å². The topological polar surface area (TPSA) is 64.5 Å². The zero-order valence-corrected chi connectivity index (χ0v) is 15.2. The minimum Gasteiger partial charge on any atom is -0.444 e. The first-order chi connectivity index (χ1) is 11.4. The second-order valence-electron chi connectivity index (χ2n) is 7.26. The first-order valence-corrected chi connectivity index (χ1v) is 8.74. The third kappa shape index (κ3) is 5.74. The molecule has 1 fully saturated rings. The number of ether oxygens (including phenoxy) is 2. The first kappa shape index (κ1) is 18.6. The largest absolute Gasteiger partial charge is 0.444 e. The zero-order valence-electron chi connectivity index (χ0n) is 15.2. The molecule has 0 radical (unpaired) electrons. The summed E-state index contributed by atoms with van der Waals surface area (Å²) in [6.07, 6.45) is 8.71. The Balaban J connectivity index is 1.84. The van der Waals surface area contributed by atoms with Gasteiger partial charge in [-0.1, -0.05) is 0 Å². The Morgan fingerprint density at radius 1 is 1.38 bits per heavy atom. The van der Waals surface area contributed by atoms with Gasteiger partial charge in [0.2, 0.25) is 0 Å². The van der Waals surface area contributed by atoms with E-state index in [-0.39, 0.29) is 18.2 Å². The van der Waals surface area contributed by atoms with Crippen molar-refractivity contribution in [2.24, 2.45) is 0 Å². The standard InChI is InChI=1S/C18H29N3O3/c1-14(16-13-19-9-10-20-16)23-12-8-15-7-5-6-11-21(15)17(22)24-18(2,3)4/h9-10,13-15H,5-8,11-12H2,1-4H3/t14-,15+/m0/s1. The fourth-order valence-corrected chi connectivity index (χ4v) is 2.85. The van der Waals surface area contributed by atoms with Crippen molar-refractivity contribution >= 4 is 6.09 Å². The van der Waals surface area contributed by atoms with E-state index in [0.717, 1.165) is 37.9 Å². The molecule has 6 nitrogen and oxygen atoms in total. The van der Waals surface area contributed by atoms with Crippen molar-refractivity contribution < 1.29 is 14.3 Å². The summed E-state index contributed by atoms with van der Waals surface area (Å²) in [6, 6.07) is 0.183. The Kier molecular flexibility index (Phi) is 6.54. The Bertz CT molecular complexity index is 516. The Morgan fingerprint density at radius 2 is 2.17 bits per heavy atom. The molecular weight excluding hydrogens is 306 g/mol. The van der Waals surface area contributed by atoms with E-state index in [1.165, 1.54) is 0 Å². The van der Waals surface area contributed by atoms with Crippen molar-refractivity contribution in [3.63, 3.8) is 0 Å². The molecule has 0 unspecified atom stereocenters. The first-order valence-electron chi connectivity index (χ1n) is 8.74. The second-order valence-corrected chi connectivity index (χ2v) is 7.26.